The molecule has 2 heterocycles. The molecular weight excluding hydrogens is 250 g/mol. The Hall–Kier alpha value is -2.36. The molecule has 20 heavy (non-hydrogen) atoms. The molecule has 3 aromatic rings. The molecule has 0 saturated heterocycles. The van der Waals surface area contributed by atoms with E-state index in [0.717, 1.165) is 39.6 Å². The van der Waals surface area contributed by atoms with E-state index in [1.54, 1.807) is 7.11 Å². The standard InChI is InChI=1S/C16H17N3O/c1-10-8-11(2)19-16(17-10)15(12(3)18-19)13-6-5-7-14(9-13)20-4/h5-9H,1-4H3. The highest BCUT2D eigenvalue weighted by Gasteiger charge is 2.15. The van der Waals surface area contributed by atoms with Crippen LogP contribution in [0.3, 0.4) is 0 Å². The Morgan fingerprint density at radius 3 is 2.65 bits per heavy atom. The van der Waals surface area contributed by atoms with Gasteiger partial charge in [0.1, 0.15) is 5.75 Å². The molecule has 0 spiro atoms. The molecule has 0 amide bonds. The molecule has 0 fully saturated rings. The van der Waals surface area contributed by atoms with Gasteiger partial charge in [-0.15, -0.1) is 0 Å². The van der Waals surface area contributed by atoms with Crippen molar-refractivity contribution >= 4 is 5.65 Å². The maximum absolute atomic E-state index is 5.30. The van der Waals surface area contributed by atoms with Crippen LogP contribution in [-0.4, -0.2) is 21.7 Å². The number of nitrogens with zero attached hydrogens (tertiary/aromatic N) is 3. The van der Waals surface area contributed by atoms with Crippen molar-refractivity contribution in [1.82, 2.24) is 14.6 Å². The van der Waals surface area contributed by atoms with E-state index in [4.69, 9.17) is 4.74 Å². The Balaban J connectivity index is 2.32. The van der Waals surface area contributed by atoms with Gasteiger partial charge < -0.3 is 4.74 Å². The van der Waals surface area contributed by atoms with Crippen LogP contribution in [0.1, 0.15) is 17.1 Å². The van der Waals surface area contributed by atoms with E-state index in [0.29, 0.717) is 0 Å². The molecule has 2 aromatic heterocycles. The predicted octanol–water partition coefficient (Wildman–Crippen LogP) is 3.33. The first-order chi connectivity index (χ1) is 9.60. The van der Waals surface area contributed by atoms with Crippen LogP contribution in [0.15, 0.2) is 30.3 Å². The Morgan fingerprint density at radius 2 is 1.90 bits per heavy atom. The first kappa shape index (κ1) is 12.7. The molecule has 3 rings (SSSR count). The molecule has 0 unspecified atom stereocenters. The molecular formula is C16H17N3O. The first-order valence-corrected chi connectivity index (χ1v) is 6.58. The summed E-state index contributed by atoms with van der Waals surface area (Å²) in [6, 6.07) is 10.0. The SMILES string of the molecule is COc1cccc(-c2c(C)nn3c(C)cc(C)nc23)c1. The number of hydrogen-bond donors (Lipinski definition) is 0. The third kappa shape index (κ3) is 1.93. The maximum Gasteiger partial charge on any atom is 0.163 e. The number of benzene rings is 1. The number of aryl methyl sites for hydroxylation is 3. The summed E-state index contributed by atoms with van der Waals surface area (Å²) >= 11 is 0. The fraction of sp³-hybridized carbons (Fsp3) is 0.250. The number of fused-ring (bicyclic) bond motifs is 1. The molecule has 0 atom stereocenters. The lowest BCUT2D eigenvalue weighted by atomic mass is 10.1. The monoisotopic (exact) mass is 267 g/mol. The van der Waals surface area contributed by atoms with Crippen LogP contribution in [0.25, 0.3) is 16.8 Å². The Labute approximate surface area is 118 Å². The highest BCUT2D eigenvalue weighted by atomic mass is 16.5. The number of rotatable bonds is 2. The largest absolute Gasteiger partial charge is 0.497 e. The van der Waals surface area contributed by atoms with Crippen molar-refractivity contribution in [3.05, 3.63) is 47.4 Å². The second-order valence-corrected chi connectivity index (χ2v) is 4.97. The van der Waals surface area contributed by atoms with E-state index in [1.807, 2.05) is 49.6 Å². The molecule has 0 aliphatic rings. The van der Waals surface area contributed by atoms with Crippen LogP contribution in [0.5, 0.6) is 5.75 Å². The smallest absolute Gasteiger partial charge is 0.163 e. The average Bonchev–Trinajstić information content (AvgIpc) is 2.75. The second kappa shape index (κ2) is 4.63. The van der Waals surface area contributed by atoms with Gasteiger partial charge in [-0.2, -0.15) is 5.10 Å². The van der Waals surface area contributed by atoms with E-state index in [2.05, 4.69) is 16.1 Å². The zero-order valence-electron chi connectivity index (χ0n) is 12.1. The molecule has 0 aliphatic heterocycles. The molecule has 4 heteroatoms. The van der Waals surface area contributed by atoms with Crippen molar-refractivity contribution in [2.24, 2.45) is 0 Å². The third-order valence-electron chi connectivity index (χ3n) is 3.43. The summed E-state index contributed by atoms with van der Waals surface area (Å²) < 4.78 is 7.20. The van der Waals surface area contributed by atoms with Gasteiger partial charge in [0.15, 0.2) is 5.65 Å². The average molecular weight is 267 g/mol. The van der Waals surface area contributed by atoms with Crippen LogP contribution in [0.4, 0.5) is 0 Å². The Kier molecular flexibility index (Phi) is 2.93. The van der Waals surface area contributed by atoms with Crippen LogP contribution in [-0.2, 0) is 0 Å². The summed E-state index contributed by atoms with van der Waals surface area (Å²) in [5.74, 6) is 0.839. The van der Waals surface area contributed by atoms with E-state index >= 15 is 0 Å². The van der Waals surface area contributed by atoms with Crippen molar-refractivity contribution in [3.8, 4) is 16.9 Å². The van der Waals surface area contributed by atoms with Gasteiger partial charge in [-0.05, 0) is 44.5 Å². The molecule has 0 N–H and O–H groups in total. The summed E-state index contributed by atoms with van der Waals surface area (Å²) in [5, 5.41) is 4.60. The fourth-order valence-corrected chi connectivity index (χ4v) is 2.54. The van der Waals surface area contributed by atoms with Gasteiger partial charge in [0.2, 0.25) is 0 Å². The normalized spacial score (nSPS) is 11.0. The molecule has 102 valence electrons. The van der Waals surface area contributed by atoms with Gasteiger partial charge in [-0.25, -0.2) is 9.50 Å². The van der Waals surface area contributed by atoms with Crippen molar-refractivity contribution in [3.63, 3.8) is 0 Å². The highest BCUT2D eigenvalue weighted by molar-refractivity contribution is 5.80. The molecule has 0 bridgehead atoms. The topological polar surface area (TPSA) is 39.4 Å². The first-order valence-electron chi connectivity index (χ1n) is 6.58. The second-order valence-electron chi connectivity index (χ2n) is 4.97. The molecule has 0 aliphatic carbocycles. The number of hydrogen-bond acceptors (Lipinski definition) is 3. The minimum Gasteiger partial charge on any atom is -0.497 e. The summed E-state index contributed by atoms with van der Waals surface area (Å²) in [5.41, 5.74) is 6.10. The summed E-state index contributed by atoms with van der Waals surface area (Å²) in [7, 11) is 1.68. The lowest BCUT2D eigenvalue weighted by Crippen LogP contribution is -1.97. The van der Waals surface area contributed by atoms with Crippen molar-refractivity contribution in [2.75, 3.05) is 7.11 Å². The van der Waals surface area contributed by atoms with Crippen LogP contribution in [0, 0.1) is 20.8 Å². The zero-order valence-corrected chi connectivity index (χ0v) is 12.1. The molecule has 4 nitrogen and oxygen atoms in total. The third-order valence-corrected chi connectivity index (χ3v) is 3.43. The van der Waals surface area contributed by atoms with Gasteiger partial charge in [-0.1, -0.05) is 12.1 Å². The molecule has 0 saturated carbocycles. The summed E-state index contributed by atoms with van der Waals surface area (Å²) in [6.07, 6.45) is 0. The number of aromatic nitrogens is 3. The van der Waals surface area contributed by atoms with Crippen LogP contribution >= 0.6 is 0 Å². The Morgan fingerprint density at radius 1 is 1.10 bits per heavy atom. The number of ether oxygens (including phenoxy) is 1. The van der Waals surface area contributed by atoms with E-state index in [-0.39, 0.29) is 0 Å². The van der Waals surface area contributed by atoms with Crippen molar-refractivity contribution in [2.45, 2.75) is 20.8 Å². The maximum atomic E-state index is 5.30. The van der Waals surface area contributed by atoms with Crippen molar-refractivity contribution < 1.29 is 4.74 Å². The predicted molar refractivity (Wildman–Crippen MR) is 79.2 cm³/mol. The quantitative estimate of drug-likeness (QED) is 0.715. The van der Waals surface area contributed by atoms with Gasteiger partial charge in [-0.3, -0.25) is 0 Å². The van der Waals surface area contributed by atoms with Gasteiger partial charge in [0.05, 0.1) is 12.8 Å². The van der Waals surface area contributed by atoms with Gasteiger partial charge in [0.25, 0.3) is 0 Å². The van der Waals surface area contributed by atoms with Crippen molar-refractivity contribution in [1.29, 1.82) is 0 Å². The minimum atomic E-state index is 0.839. The Bertz CT molecular complexity index is 790. The fourth-order valence-electron chi connectivity index (χ4n) is 2.54. The lowest BCUT2D eigenvalue weighted by Gasteiger charge is -2.05. The van der Waals surface area contributed by atoms with Crippen LogP contribution in [0.2, 0.25) is 0 Å². The van der Waals surface area contributed by atoms with Crippen LogP contribution < -0.4 is 4.74 Å². The molecule has 0 radical (unpaired) electrons. The summed E-state index contributed by atoms with van der Waals surface area (Å²) in [4.78, 5) is 4.65. The zero-order chi connectivity index (χ0) is 14.3. The lowest BCUT2D eigenvalue weighted by molar-refractivity contribution is 0.415. The molecule has 1 aromatic carbocycles. The van der Waals surface area contributed by atoms with E-state index < -0.39 is 0 Å². The van der Waals surface area contributed by atoms with Gasteiger partial charge >= 0.3 is 0 Å². The summed E-state index contributed by atoms with van der Waals surface area (Å²) in [6.45, 7) is 6.06. The van der Waals surface area contributed by atoms with Gasteiger partial charge in [0, 0.05) is 17.0 Å². The van der Waals surface area contributed by atoms with E-state index in [9.17, 15) is 0 Å². The number of methoxy groups -OCH3 is 1. The highest BCUT2D eigenvalue weighted by Crippen LogP contribution is 2.30. The minimum absolute atomic E-state index is 0.839. The van der Waals surface area contributed by atoms with E-state index in [1.165, 1.54) is 0 Å².